The van der Waals surface area contributed by atoms with E-state index in [0.717, 1.165) is 5.56 Å². The van der Waals surface area contributed by atoms with E-state index in [2.05, 4.69) is 10.0 Å². The average molecular weight is 460 g/mol. The van der Waals surface area contributed by atoms with Gasteiger partial charge in [-0.1, -0.05) is 31.5 Å². The highest BCUT2D eigenvalue weighted by Gasteiger charge is 2.26. The summed E-state index contributed by atoms with van der Waals surface area (Å²) in [5, 5.41) is 2.76. The molecule has 2 aromatic rings. The van der Waals surface area contributed by atoms with Crippen LogP contribution in [0.2, 0.25) is 0 Å². The zero-order valence-electron chi connectivity index (χ0n) is 19.4. The van der Waals surface area contributed by atoms with Gasteiger partial charge >= 0.3 is 0 Å². The summed E-state index contributed by atoms with van der Waals surface area (Å²) in [5.74, 6) is -0.422. The monoisotopic (exact) mass is 459 g/mol. The first-order valence-electron chi connectivity index (χ1n) is 10.9. The van der Waals surface area contributed by atoms with Crippen molar-refractivity contribution < 1.29 is 18.0 Å². The van der Waals surface area contributed by atoms with Gasteiger partial charge in [-0.05, 0) is 69.5 Å². The molecule has 2 amide bonds. The fourth-order valence-electron chi connectivity index (χ4n) is 3.27. The molecule has 0 spiro atoms. The molecule has 8 heteroatoms. The van der Waals surface area contributed by atoms with Crippen molar-refractivity contribution in [3.05, 3.63) is 59.7 Å². The van der Waals surface area contributed by atoms with Crippen molar-refractivity contribution in [2.45, 2.75) is 52.0 Å². The van der Waals surface area contributed by atoms with Crippen molar-refractivity contribution in [2.75, 3.05) is 18.4 Å². The maximum Gasteiger partial charge on any atom is 0.253 e. The molecule has 0 aliphatic heterocycles. The van der Waals surface area contributed by atoms with Gasteiger partial charge in [0.05, 0.1) is 4.90 Å². The lowest BCUT2D eigenvalue weighted by atomic mass is 10.0. The Morgan fingerprint density at radius 2 is 1.50 bits per heavy atom. The van der Waals surface area contributed by atoms with E-state index in [-0.39, 0.29) is 16.7 Å². The van der Waals surface area contributed by atoms with Gasteiger partial charge in [0.15, 0.2) is 0 Å². The fourth-order valence-corrected chi connectivity index (χ4v) is 4.48. The number of carbonyl (C=O) groups is 2. The van der Waals surface area contributed by atoms with Gasteiger partial charge in [-0.25, -0.2) is 8.42 Å². The maximum absolute atomic E-state index is 12.9. The molecule has 0 radical (unpaired) electrons. The molecule has 2 N–H and O–H groups in total. The number of benzene rings is 2. The second-order valence-electron chi connectivity index (χ2n) is 8.16. The Morgan fingerprint density at radius 3 is 2.00 bits per heavy atom. The summed E-state index contributed by atoms with van der Waals surface area (Å²) in [6.45, 7) is 10.8. The van der Waals surface area contributed by atoms with Crippen LogP contribution in [-0.2, 0) is 14.8 Å². The number of rotatable bonds is 10. The number of aryl methyl sites for hydroxylation is 1. The van der Waals surface area contributed by atoms with Crippen LogP contribution >= 0.6 is 0 Å². The lowest BCUT2D eigenvalue weighted by Crippen LogP contribution is -2.44. The summed E-state index contributed by atoms with van der Waals surface area (Å²) < 4.78 is 28.1. The van der Waals surface area contributed by atoms with Crippen LogP contribution in [0.5, 0.6) is 0 Å². The topological polar surface area (TPSA) is 95.6 Å². The van der Waals surface area contributed by atoms with E-state index in [1.807, 2.05) is 34.6 Å². The Bertz CT molecular complexity index is 1010. The van der Waals surface area contributed by atoms with E-state index in [1.165, 1.54) is 12.1 Å². The Balaban J connectivity index is 2.16. The van der Waals surface area contributed by atoms with Gasteiger partial charge in [-0.3, -0.25) is 9.59 Å². The highest BCUT2D eigenvalue weighted by Crippen LogP contribution is 2.16. The Labute approximate surface area is 191 Å². The van der Waals surface area contributed by atoms with E-state index in [9.17, 15) is 18.0 Å². The Kier molecular flexibility index (Phi) is 8.98. The third-order valence-corrected chi connectivity index (χ3v) is 6.59. The molecular formula is C24H33N3O4S. The van der Waals surface area contributed by atoms with Gasteiger partial charge in [0, 0.05) is 24.3 Å². The van der Waals surface area contributed by atoms with Crippen LogP contribution in [0.1, 0.15) is 50.0 Å². The third-order valence-electron chi connectivity index (χ3n) is 5.10. The van der Waals surface area contributed by atoms with Crippen molar-refractivity contribution in [1.29, 1.82) is 0 Å². The van der Waals surface area contributed by atoms with Gasteiger partial charge < -0.3 is 10.2 Å². The van der Waals surface area contributed by atoms with Crippen LogP contribution in [0.3, 0.4) is 0 Å². The summed E-state index contributed by atoms with van der Waals surface area (Å²) in [6.07, 6.45) is 0.343. The molecule has 0 saturated carbocycles. The molecule has 2 rings (SSSR count). The fraction of sp³-hybridized carbons (Fsp3) is 0.417. The quantitative estimate of drug-likeness (QED) is 0.565. The van der Waals surface area contributed by atoms with Crippen LogP contribution in [0, 0.1) is 12.8 Å². The second-order valence-corrected chi connectivity index (χ2v) is 9.87. The number of hydrogen-bond acceptors (Lipinski definition) is 4. The smallest absolute Gasteiger partial charge is 0.253 e. The van der Waals surface area contributed by atoms with Crippen molar-refractivity contribution >= 4 is 27.5 Å². The molecule has 32 heavy (non-hydrogen) atoms. The lowest BCUT2D eigenvalue weighted by Gasteiger charge is -2.21. The summed E-state index contributed by atoms with van der Waals surface area (Å²) in [6, 6.07) is 12.2. The van der Waals surface area contributed by atoms with Crippen molar-refractivity contribution in [2.24, 2.45) is 5.92 Å². The molecule has 0 aromatic heterocycles. The first-order valence-corrected chi connectivity index (χ1v) is 12.3. The summed E-state index contributed by atoms with van der Waals surface area (Å²) in [4.78, 5) is 27.2. The zero-order chi connectivity index (χ0) is 23.9. The van der Waals surface area contributed by atoms with Crippen LogP contribution in [0.15, 0.2) is 53.4 Å². The molecule has 7 nitrogen and oxygen atoms in total. The minimum atomic E-state index is -3.85. The minimum absolute atomic E-state index is 0.0728. The van der Waals surface area contributed by atoms with Gasteiger partial charge in [-0.2, -0.15) is 4.72 Å². The number of hydrogen-bond donors (Lipinski definition) is 2. The number of amides is 2. The standard InChI is InChI=1S/C24H33N3O4S/c1-6-27(7-2)24(29)19-10-12-20(13-11-19)25-23(28)22(16-17(3)4)26-32(30,31)21-14-8-18(5)9-15-21/h8-15,17,22,26H,6-7,16H2,1-5H3,(H,25,28). The van der Waals surface area contributed by atoms with Crippen molar-refractivity contribution in [1.82, 2.24) is 9.62 Å². The van der Waals surface area contributed by atoms with Crippen LogP contribution < -0.4 is 10.0 Å². The van der Waals surface area contributed by atoms with Crippen LogP contribution in [-0.4, -0.2) is 44.3 Å². The molecular weight excluding hydrogens is 426 g/mol. The number of carbonyl (C=O) groups excluding carboxylic acids is 2. The number of sulfonamides is 1. The number of nitrogens with zero attached hydrogens (tertiary/aromatic N) is 1. The number of anilines is 1. The average Bonchev–Trinajstić information content (AvgIpc) is 2.74. The maximum atomic E-state index is 12.9. The van der Waals surface area contributed by atoms with Gasteiger partial charge in [-0.15, -0.1) is 0 Å². The molecule has 0 aliphatic carbocycles. The van der Waals surface area contributed by atoms with Crippen LogP contribution in [0.25, 0.3) is 0 Å². The summed E-state index contributed by atoms with van der Waals surface area (Å²) >= 11 is 0. The molecule has 0 fully saturated rings. The third kappa shape index (κ3) is 6.90. The highest BCUT2D eigenvalue weighted by molar-refractivity contribution is 7.89. The largest absolute Gasteiger partial charge is 0.339 e. The summed E-state index contributed by atoms with van der Waals surface area (Å²) in [7, 11) is -3.85. The van der Waals surface area contributed by atoms with Crippen molar-refractivity contribution in [3.63, 3.8) is 0 Å². The second kappa shape index (κ2) is 11.2. The normalized spacial score (nSPS) is 12.4. The Hall–Kier alpha value is -2.71. The number of nitrogens with one attached hydrogen (secondary N) is 2. The van der Waals surface area contributed by atoms with E-state index in [0.29, 0.717) is 30.8 Å². The van der Waals surface area contributed by atoms with Crippen molar-refractivity contribution in [3.8, 4) is 0 Å². The van der Waals surface area contributed by atoms with Gasteiger partial charge in [0.2, 0.25) is 15.9 Å². The molecule has 1 atom stereocenters. The van der Waals surface area contributed by atoms with E-state index >= 15 is 0 Å². The van der Waals surface area contributed by atoms with Gasteiger partial charge in [0.25, 0.3) is 5.91 Å². The molecule has 2 aromatic carbocycles. The minimum Gasteiger partial charge on any atom is -0.339 e. The molecule has 174 valence electrons. The first kappa shape index (κ1) is 25.5. The molecule has 0 heterocycles. The van der Waals surface area contributed by atoms with E-state index in [1.54, 1.807) is 41.3 Å². The summed E-state index contributed by atoms with van der Waals surface area (Å²) in [5.41, 5.74) is 1.98. The van der Waals surface area contributed by atoms with Crippen LogP contribution in [0.4, 0.5) is 5.69 Å². The highest BCUT2D eigenvalue weighted by atomic mass is 32.2. The Morgan fingerprint density at radius 1 is 0.938 bits per heavy atom. The van der Waals surface area contributed by atoms with E-state index < -0.39 is 22.0 Å². The first-order chi connectivity index (χ1) is 15.1. The van der Waals surface area contributed by atoms with E-state index in [4.69, 9.17) is 0 Å². The predicted octanol–water partition coefficient (Wildman–Crippen LogP) is 3.81. The predicted molar refractivity (Wildman–Crippen MR) is 127 cm³/mol. The molecule has 0 aliphatic rings. The molecule has 1 unspecified atom stereocenters. The molecule has 0 saturated heterocycles. The SMILES string of the molecule is CCN(CC)C(=O)c1ccc(NC(=O)C(CC(C)C)NS(=O)(=O)c2ccc(C)cc2)cc1. The van der Waals surface area contributed by atoms with Gasteiger partial charge in [0.1, 0.15) is 6.04 Å². The zero-order valence-corrected chi connectivity index (χ0v) is 20.2. The lowest BCUT2D eigenvalue weighted by molar-refractivity contribution is -0.118. The molecule has 0 bridgehead atoms.